The van der Waals surface area contributed by atoms with Gasteiger partial charge in [-0.25, -0.2) is 14.4 Å². The highest BCUT2D eigenvalue weighted by atomic mass is 19.1. The van der Waals surface area contributed by atoms with Crippen molar-refractivity contribution in [3.8, 4) is 0 Å². The van der Waals surface area contributed by atoms with Crippen LogP contribution in [0.3, 0.4) is 0 Å². The number of nitrogens with one attached hydrogen (secondary N) is 3. The van der Waals surface area contributed by atoms with E-state index in [0.29, 0.717) is 34.2 Å². The van der Waals surface area contributed by atoms with Gasteiger partial charge in [-0.2, -0.15) is 0 Å². The van der Waals surface area contributed by atoms with Gasteiger partial charge in [0.05, 0.1) is 17.4 Å². The Bertz CT molecular complexity index is 1150. The highest BCUT2D eigenvalue weighted by molar-refractivity contribution is 6.07. The fourth-order valence-corrected chi connectivity index (χ4v) is 3.65. The summed E-state index contributed by atoms with van der Waals surface area (Å²) in [5.74, 6) is -0.00689. The van der Waals surface area contributed by atoms with Gasteiger partial charge in [0.25, 0.3) is 5.91 Å². The molecule has 0 bridgehead atoms. The van der Waals surface area contributed by atoms with Crippen molar-refractivity contribution in [2.45, 2.75) is 13.8 Å². The summed E-state index contributed by atoms with van der Waals surface area (Å²) < 4.78 is 13.1. The summed E-state index contributed by atoms with van der Waals surface area (Å²) in [6.45, 7) is 3.89. The number of aromatic nitrogens is 2. The molecule has 2 aromatic rings. The molecule has 4 rings (SSSR count). The molecule has 3 N–H and O–H groups in total. The van der Waals surface area contributed by atoms with Crippen LogP contribution in [0.25, 0.3) is 0 Å². The highest BCUT2D eigenvalue weighted by Gasteiger charge is 2.32. The van der Waals surface area contributed by atoms with E-state index in [1.54, 1.807) is 6.07 Å². The molecule has 0 aliphatic heterocycles. The van der Waals surface area contributed by atoms with Crippen molar-refractivity contribution in [2.24, 2.45) is 11.8 Å². The molecule has 2 atom stereocenters. The quantitative estimate of drug-likeness (QED) is 0.683. The van der Waals surface area contributed by atoms with E-state index in [0.717, 1.165) is 11.8 Å². The summed E-state index contributed by atoms with van der Waals surface area (Å²) in [7, 11) is 1.54. The first-order valence-corrected chi connectivity index (χ1v) is 9.94. The van der Waals surface area contributed by atoms with Gasteiger partial charge in [-0.15, -0.1) is 0 Å². The molecular weight excluding hydrogens is 397 g/mol. The molecule has 2 aromatic heterocycles. The Balaban J connectivity index is 1.69. The molecule has 0 fully saturated rings. The van der Waals surface area contributed by atoms with E-state index in [2.05, 4.69) is 25.9 Å². The van der Waals surface area contributed by atoms with Gasteiger partial charge < -0.3 is 16.0 Å². The summed E-state index contributed by atoms with van der Waals surface area (Å²) >= 11 is 0. The van der Waals surface area contributed by atoms with Crippen LogP contribution < -0.4 is 16.0 Å². The number of amides is 1. The van der Waals surface area contributed by atoms with Gasteiger partial charge in [0.2, 0.25) is 0 Å². The predicted molar refractivity (Wildman–Crippen MR) is 116 cm³/mol. The van der Waals surface area contributed by atoms with E-state index in [4.69, 9.17) is 0 Å². The summed E-state index contributed by atoms with van der Waals surface area (Å²) in [5.41, 5.74) is 3.11. The maximum atomic E-state index is 13.1. The number of allylic oxidation sites excluding steroid dienone is 5. The Hall–Kier alpha value is -3.81. The number of ketones is 1. The van der Waals surface area contributed by atoms with E-state index in [-0.39, 0.29) is 23.5 Å². The molecule has 0 aromatic carbocycles. The lowest BCUT2D eigenvalue weighted by Gasteiger charge is -2.19. The zero-order valence-corrected chi connectivity index (χ0v) is 17.4. The number of carbonyl (C=O) groups excluding carboxylic acids is 2. The van der Waals surface area contributed by atoms with E-state index in [9.17, 15) is 14.0 Å². The van der Waals surface area contributed by atoms with Crippen LogP contribution in [0.2, 0.25) is 0 Å². The minimum Gasteiger partial charge on any atom is -0.355 e. The third kappa shape index (κ3) is 3.96. The minimum atomic E-state index is -0.442. The van der Waals surface area contributed by atoms with Crippen LogP contribution in [-0.4, -0.2) is 28.7 Å². The number of rotatable bonds is 5. The molecule has 0 saturated heterocycles. The van der Waals surface area contributed by atoms with E-state index < -0.39 is 5.82 Å². The number of hydrogen-bond donors (Lipinski definition) is 3. The van der Waals surface area contributed by atoms with Crippen LogP contribution in [0.4, 0.5) is 21.7 Å². The van der Waals surface area contributed by atoms with Crippen LogP contribution in [0, 0.1) is 17.7 Å². The lowest BCUT2D eigenvalue weighted by Crippen LogP contribution is -2.22. The summed E-state index contributed by atoms with van der Waals surface area (Å²) in [5, 5.41) is 8.86. The Morgan fingerprint density at radius 2 is 1.84 bits per heavy atom. The van der Waals surface area contributed by atoms with Crippen molar-refractivity contribution >= 4 is 29.0 Å². The van der Waals surface area contributed by atoms with Gasteiger partial charge in [-0.1, -0.05) is 32.1 Å². The number of anilines is 3. The van der Waals surface area contributed by atoms with Gasteiger partial charge in [0.15, 0.2) is 5.78 Å². The van der Waals surface area contributed by atoms with Crippen molar-refractivity contribution in [1.29, 1.82) is 0 Å². The summed E-state index contributed by atoms with van der Waals surface area (Å²) in [6, 6.07) is 4.44. The molecule has 2 heterocycles. The standard InChI is InChI=1S/C23H22FN5O2/c1-12-4-6-15-13(2)8-18(21(15)22(12)30)28-17-9-20(27-11-16(17)23(31)25-3)29-19-7-5-14(24)10-26-19/h4-13H,1-3H3,(H,25,31)(H2,26,27,28,29). The number of hydrogen-bond acceptors (Lipinski definition) is 6. The zero-order valence-electron chi connectivity index (χ0n) is 17.4. The average molecular weight is 419 g/mol. The molecule has 2 aliphatic carbocycles. The number of halogens is 1. The topological polar surface area (TPSA) is 96.0 Å². The van der Waals surface area contributed by atoms with Crippen molar-refractivity contribution in [1.82, 2.24) is 15.3 Å². The van der Waals surface area contributed by atoms with Crippen LogP contribution in [-0.2, 0) is 4.79 Å². The van der Waals surface area contributed by atoms with E-state index in [1.807, 2.05) is 32.1 Å². The summed E-state index contributed by atoms with van der Waals surface area (Å²) in [4.78, 5) is 33.5. The van der Waals surface area contributed by atoms with Crippen molar-refractivity contribution < 1.29 is 14.0 Å². The van der Waals surface area contributed by atoms with Gasteiger partial charge in [0.1, 0.15) is 17.5 Å². The average Bonchev–Trinajstić information content (AvgIpc) is 3.07. The lowest BCUT2D eigenvalue weighted by molar-refractivity contribution is -0.117. The van der Waals surface area contributed by atoms with Gasteiger partial charge in [-0.05, 0) is 17.7 Å². The van der Waals surface area contributed by atoms with Crippen molar-refractivity contribution in [3.05, 3.63) is 77.0 Å². The molecule has 158 valence electrons. The maximum absolute atomic E-state index is 13.1. The fourth-order valence-electron chi connectivity index (χ4n) is 3.65. The third-order valence-electron chi connectivity index (χ3n) is 5.32. The number of carbonyl (C=O) groups is 2. The molecule has 1 amide bonds. The van der Waals surface area contributed by atoms with Crippen LogP contribution in [0.15, 0.2) is 65.7 Å². The van der Waals surface area contributed by atoms with E-state index in [1.165, 1.54) is 25.4 Å². The van der Waals surface area contributed by atoms with Crippen molar-refractivity contribution in [3.63, 3.8) is 0 Å². The number of pyridine rings is 2. The fraction of sp³-hybridized carbons (Fsp3) is 0.217. The van der Waals surface area contributed by atoms with E-state index >= 15 is 0 Å². The normalized spacial score (nSPS) is 19.7. The van der Waals surface area contributed by atoms with Crippen molar-refractivity contribution in [2.75, 3.05) is 17.7 Å². The van der Waals surface area contributed by atoms with Gasteiger partial charge >= 0.3 is 0 Å². The van der Waals surface area contributed by atoms with Crippen LogP contribution in [0.1, 0.15) is 24.2 Å². The smallest absolute Gasteiger partial charge is 0.254 e. The Morgan fingerprint density at radius 3 is 2.55 bits per heavy atom. The monoisotopic (exact) mass is 419 g/mol. The Kier molecular flexibility index (Phi) is 5.37. The lowest BCUT2D eigenvalue weighted by atomic mass is 9.88. The Morgan fingerprint density at radius 1 is 1.06 bits per heavy atom. The molecule has 0 radical (unpaired) electrons. The molecule has 8 heteroatoms. The maximum Gasteiger partial charge on any atom is 0.254 e. The summed E-state index contributed by atoms with van der Waals surface area (Å²) in [6.07, 6.45) is 8.42. The highest BCUT2D eigenvalue weighted by Crippen LogP contribution is 2.38. The second-order valence-electron chi connectivity index (χ2n) is 7.52. The predicted octanol–water partition coefficient (Wildman–Crippen LogP) is 3.74. The first-order chi connectivity index (χ1) is 14.9. The molecule has 31 heavy (non-hydrogen) atoms. The third-order valence-corrected chi connectivity index (χ3v) is 5.32. The number of nitrogens with zero attached hydrogens (tertiary/aromatic N) is 2. The largest absolute Gasteiger partial charge is 0.355 e. The number of Topliss-reactive ketones (excluding diaryl/α,β-unsaturated/α-hetero) is 1. The Labute approximate surface area is 179 Å². The minimum absolute atomic E-state index is 0.0463. The van der Waals surface area contributed by atoms with Gasteiger partial charge in [-0.3, -0.25) is 9.59 Å². The van der Waals surface area contributed by atoms with Crippen LogP contribution in [0.5, 0.6) is 0 Å². The second-order valence-corrected chi connectivity index (χ2v) is 7.52. The van der Waals surface area contributed by atoms with Crippen LogP contribution >= 0.6 is 0 Å². The first kappa shape index (κ1) is 20.5. The van der Waals surface area contributed by atoms with Gasteiger partial charge in [0, 0.05) is 42.4 Å². The molecule has 7 nitrogen and oxygen atoms in total. The molecule has 2 unspecified atom stereocenters. The first-order valence-electron chi connectivity index (χ1n) is 9.94. The molecule has 0 saturated carbocycles. The molecule has 2 aliphatic rings. The zero-order chi connectivity index (χ0) is 22.1. The molecular formula is C23H22FN5O2. The second kappa shape index (κ2) is 8.14. The molecule has 0 spiro atoms. The SMILES string of the molecule is CNC(=O)c1cnc(Nc2ccc(F)cn2)cc1NC1=CC(C)C2=C1C(=O)C(C)C=C2.